The van der Waals surface area contributed by atoms with Crippen LogP contribution in [0, 0.1) is 0 Å². The summed E-state index contributed by atoms with van der Waals surface area (Å²) >= 11 is 0. The van der Waals surface area contributed by atoms with Crippen LogP contribution in [-0.2, 0) is 17.9 Å². The molecular weight excluding hydrogens is 535 g/mol. The topological polar surface area (TPSA) is 90.1 Å². The highest BCUT2D eigenvalue weighted by atomic mass is 127. The first kappa shape index (κ1) is 26.5. The first-order chi connectivity index (χ1) is 15.8. The molecule has 0 amide bonds. The van der Waals surface area contributed by atoms with Gasteiger partial charge in [-0.1, -0.05) is 6.07 Å². The summed E-state index contributed by atoms with van der Waals surface area (Å²) in [7, 11) is 1.63. The van der Waals surface area contributed by atoms with E-state index in [0.29, 0.717) is 31.4 Å². The van der Waals surface area contributed by atoms with Crippen LogP contribution in [0.4, 0.5) is 0 Å². The first-order valence-corrected chi connectivity index (χ1v) is 10.7. The van der Waals surface area contributed by atoms with Gasteiger partial charge in [-0.15, -0.1) is 24.0 Å². The highest BCUT2D eigenvalue weighted by Gasteiger charge is 2.02. The minimum atomic E-state index is 0. The molecule has 0 aliphatic rings. The second-order valence-corrected chi connectivity index (χ2v) is 6.89. The summed E-state index contributed by atoms with van der Waals surface area (Å²) < 4.78 is 21.7. The maximum Gasteiger partial charge on any atom is 0.219 e. The SMILES string of the molecule is CCNC(=NCc1ccc(Oc2ccc(OC)cc2)nc1)NCCCOCc1ccco1.I. The van der Waals surface area contributed by atoms with Crippen molar-refractivity contribution in [2.24, 2.45) is 4.99 Å². The molecular formula is C24H31IN4O4. The molecule has 3 rings (SSSR count). The Morgan fingerprint density at radius 1 is 1.06 bits per heavy atom. The number of nitrogens with zero attached hydrogens (tertiary/aromatic N) is 2. The summed E-state index contributed by atoms with van der Waals surface area (Å²) in [5.41, 5.74) is 0.992. The lowest BCUT2D eigenvalue weighted by molar-refractivity contribution is 0.105. The Kier molecular flexibility index (Phi) is 12.1. The molecule has 0 aliphatic heterocycles. The molecule has 8 nitrogen and oxygen atoms in total. The predicted octanol–water partition coefficient (Wildman–Crippen LogP) is 4.76. The number of guanidine groups is 1. The highest BCUT2D eigenvalue weighted by molar-refractivity contribution is 14.0. The standard InChI is InChI=1S/C24H30N4O4.HI/c1-3-25-24(26-13-5-14-30-18-22-6-4-15-31-22)28-17-19-7-12-23(27-16-19)32-21-10-8-20(29-2)9-11-21;/h4,6-12,15-16H,3,5,13-14,17-18H2,1-2H3,(H2,25,26,28);1H. The minimum Gasteiger partial charge on any atom is -0.497 e. The second kappa shape index (κ2) is 15.1. The molecule has 178 valence electrons. The van der Waals surface area contributed by atoms with Crippen molar-refractivity contribution in [1.29, 1.82) is 0 Å². The van der Waals surface area contributed by atoms with Crippen molar-refractivity contribution >= 4 is 29.9 Å². The summed E-state index contributed by atoms with van der Waals surface area (Å²) in [5.74, 6) is 3.61. The molecule has 0 bridgehead atoms. The van der Waals surface area contributed by atoms with Gasteiger partial charge < -0.3 is 29.3 Å². The van der Waals surface area contributed by atoms with Crippen LogP contribution in [0.3, 0.4) is 0 Å². The molecule has 0 aliphatic carbocycles. The number of methoxy groups -OCH3 is 1. The molecule has 1 aromatic carbocycles. The zero-order chi connectivity index (χ0) is 22.4. The molecule has 2 aromatic heterocycles. The average molecular weight is 566 g/mol. The van der Waals surface area contributed by atoms with Gasteiger partial charge in [-0.25, -0.2) is 9.98 Å². The number of aliphatic imine (C=N–C) groups is 1. The summed E-state index contributed by atoms with van der Waals surface area (Å²) in [4.78, 5) is 8.99. The summed E-state index contributed by atoms with van der Waals surface area (Å²) in [5, 5.41) is 6.57. The number of rotatable bonds is 12. The van der Waals surface area contributed by atoms with Crippen molar-refractivity contribution in [3.8, 4) is 17.4 Å². The van der Waals surface area contributed by atoms with Crippen LogP contribution < -0.4 is 20.1 Å². The van der Waals surface area contributed by atoms with Crippen molar-refractivity contribution in [3.63, 3.8) is 0 Å². The fourth-order valence-electron chi connectivity index (χ4n) is 2.79. The number of halogens is 1. The van der Waals surface area contributed by atoms with Crippen molar-refractivity contribution in [2.45, 2.75) is 26.5 Å². The number of hydrogen-bond donors (Lipinski definition) is 2. The third-order valence-electron chi connectivity index (χ3n) is 4.43. The number of benzene rings is 1. The Labute approximate surface area is 211 Å². The molecule has 3 aromatic rings. The predicted molar refractivity (Wildman–Crippen MR) is 139 cm³/mol. The Bertz CT molecular complexity index is 932. The average Bonchev–Trinajstić information content (AvgIpc) is 3.34. The lowest BCUT2D eigenvalue weighted by Gasteiger charge is -2.11. The summed E-state index contributed by atoms with van der Waals surface area (Å²) in [6.45, 7) is 5.24. The second-order valence-electron chi connectivity index (χ2n) is 6.89. The van der Waals surface area contributed by atoms with Gasteiger partial charge in [0.2, 0.25) is 5.88 Å². The Morgan fingerprint density at radius 3 is 2.55 bits per heavy atom. The number of ether oxygens (including phenoxy) is 3. The number of nitrogens with one attached hydrogen (secondary N) is 2. The molecule has 33 heavy (non-hydrogen) atoms. The van der Waals surface area contributed by atoms with E-state index < -0.39 is 0 Å². The fraction of sp³-hybridized carbons (Fsp3) is 0.333. The first-order valence-electron chi connectivity index (χ1n) is 10.7. The lowest BCUT2D eigenvalue weighted by Crippen LogP contribution is -2.38. The number of furan rings is 1. The van der Waals surface area contributed by atoms with E-state index in [-0.39, 0.29) is 24.0 Å². The minimum absolute atomic E-state index is 0. The Morgan fingerprint density at radius 2 is 1.88 bits per heavy atom. The van der Waals surface area contributed by atoms with E-state index in [2.05, 4.69) is 20.6 Å². The van der Waals surface area contributed by atoms with Crippen LogP contribution >= 0.6 is 24.0 Å². The largest absolute Gasteiger partial charge is 0.497 e. The van der Waals surface area contributed by atoms with Gasteiger partial charge in [0.05, 0.1) is 19.9 Å². The fourth-order valence-corrected chi connectivity index (χ4v) is 2.79. The van der Waals surface area contributed by atoms with Crippen LogP contribution in [0.1, 0.15) is 24.7 Å². The van der Waals surface area contributed by atoms with Gasteiger partial charge in [0.15, 0.2) is 5.96 Å². The van der Waals surface area contributed by atoms with Crippen molar-refractivity contribution in [1.82, 2.24) is 15.6 Å². The van der Waals surface area contributed by atoms with E-state index >= 15 is 0 Å². The molecule has 0 saturated heterocycles. The van der Waals surface area contributed by atoms with Crippen molar-refractivity contribution in [2.75, 3.05) is 26.8 Å². The van der Waals surface area contributed by atoms with E-state index in [9.17, 15) is 0 Å². The molecule has 0 spiro atoms. The third-order valence-corrected chi connectivity index (χ3v) is 4.43. The monoisotopic (exact) mass is 566 g/mol. The summed E-state index contributed by atoms with van der Waals surface area (Å²) in [6.07, 6.45) is 4.29. The van der Waals surface area contributed by atoms with Gasteiger partial charge in [-0.05, 0) is 55.3 Å². The van der Waals surface area contributed by atoms with Crippen LogP contribution in [-0.4, -0.2) is 37.7 Å². The zero-order valence-electron chi connectivity index (χ0n) is 19.0. The molecule has 2 N–H and O–H groups in total. The van der Waals surface area contributed by atoms with Gasteiger partial charge in [0.1, 0.15) is 23.9 Å². The van der Waals surface area contributed by atoms with Crippen LogP contribution in [0.15, 0.2) is 70.4 Å². The Hall–Kier alpha value is -2.79. The molecule has 0 saturated carbocycles. The molecule has 0 unspecified atom stereocenters. The normalized spacial score (nSPS) is 10.9. The molecule has 2 heterocycles. The van der Waals surface area contributed by atoms with E-state index in [1.54, 1.807) is 19.6 Å². The maximum absolute atomic E-state index is 5.76. The molecule has 9 heteroatoms. The van der Waals surface area contributed by atoms with Gasteiger partial charge in [-0.2, -0.15) is 0 Å². The van der Waals surface area contributed by atoms with Gasteiger partial charge in [0, 0.05) is 32.0 Å². The Balaban J connectivity index is 0.00000385. The maximum atomic E-state index is 5.76. The third kappa shape index (κ3) is 9.70. The lowest BCUT2D eigenvalue weighted by atomic mass is 10.3. The number of aromatic nitrogens is 1. The highest BCUT2D eigenvalue weighted by Crippen LogP contribution is 2.22. The quantitative estimate of drug-likeness (QED) is 0.142. The number of pyridine rings is 1. The van der Waals surface area contributed by atoms with Crippen molar-refractivity contribution < 1.29 is 18.6 Å². The number of hydrogen-bond acceptors (Lipinski definition) is 6. The van der Waals surface area contributed by atoms with E-state index in [4.69, 9.17) is 18.6 Å². The van der Waals surface area contributed by atoms with E-state index in [0.717, 1.165) is 42.5 Å². The zero-order valence-corrected chi connectivity index (χ0v) is 21.3. The van der Waals surface area contributed by atoms with Gasteiger partial charge in [-0.3, -0.25) is 0 Å². The molecule has 0 radical (unpaired) electrons. The van der Waals surface area contributed by atoms with Crippen molar-refractivity contribution in [3.05, 3.63) is 72.3 Å². The molecule has 0 atom stereocenters. The van der Waals surface area contributed by atoms with Crippen LogP contribution in [0.25, 0.3) is 0 Å². The smallest absolute Gasteiger partial charge is 0.219 e. The summed E-state index contributed by atoms with van der Waals surface area (Å²) in [6, 6.07) is 14.9. The van der Waals surface area contributed by atoms with Gasteiger partial charge >= 0.3 is 0 Å². The van der Waals surface area contributed by atoms with E-state index in [1.165, 1.54) is 0 Å². The van der Waals surface area contributed by atoms with E-state index in [1.807, 2.05) is 55.5 Å². The van der Waals surface area contributed by atoms with Crippen LogP contribution in [0.5, 0.6) is 17.4 Å². The van der Waals surface area contributed by atoms with Crippen LogP contribution in [0.2, 0.25) is 0 Å². The van der Waals surface area contributed by atoms with Gasteiger partial charge in [0.25, 0.3) is 0 Å². The molecule has 0 fully saturated rings.